The highest BCUT2D eigenvalue weighted by molar-refractivity contribution is 5.77. The fraction of sp³-hybridized carbons (Fsp3) is 0.923. The zero-order valence-corrected chi connectivity index (χ0v) is 11.1. The summed E-state index contributed by atoms with van der Waals surface area (Å²) >= 11 is 0. The van der Waals surface area contributed by atoms with E-state index in [1.54, 1.807) is 0 Å². The summed E-state index contributed by atoms with van der Waals surface area (Å²) < 4.78 is 0. The molecule has 0 atom stereocenters. The van der Waals surface area contributed by atoms with Gasteiger partial charge in [0.1, 0.15) is 0 Å². The van der Waals surface area contributed by atoms with Crippen LogP contribution >= 0.6 is 0 Å². The van der Waals surface area contributed by atoms with Gasteiger partial charge in [-0.25, -0.2) is 0 Å². The van der Waals surface area contributed by atoms with Crippen molar-refractivity contribution in [3.63, 3.8) is 0 Å². The van der Waals surface area contributed by atoms with Crippen molar-refractivity contribution in [2.45, 2.75) is 52.9 Å². The number of nitrogens with zero attached hydrogens (tertiary/aromatic N) is 1. The highest BCUT2D eigenvalue weighted by Crippen LogP contribution is 2.35. The molecule has 0 aromatic rings. The third-order valence-corrected chi connectivity index (χ3v) is 3.38. The van der Waals surface area contributed by atoms with Crippen LogP contribution in [-0.4, -0.2) is 19.0 Å². The molecule has 0 spiro atoms. The average Bonchev–Trinajstić information content (AvgIpc) is 2.25. The Kier molecular flexibility index (Phi) is 5.10. The Balaban J connectivity index is 2.32. The SMILES string of the molecule is CC(C)CNC(N)=NCC1(C)CCCCC1. The molecular formula is C13H27N3. The van der Waals surface area contributed by atoms with E-state index in [4.69, 9.17) is 5.73 Å². The minimum atomic E-state index is 0.391. The molecule has 0 unspecified atom stereocenters. The van der Waals surface area contributed by atoms with Crippen LogP contribution in [0.4, 0.5) is 0 Å². The normalized spacial score (nSPS) is 21.1. The van der Waals surface area contributed by atoms with Crippen molar-refractivity contribution in [3.8, 4) is 0 Å². The van der Waals surface area contributed by atoms with E-state index in [1.807, 2.05) is 0 Å². The second kappa shape index (κ2) is 6.12. The molecular weight excluding hydrogens is 198 g/mol. The van der Waals surface area contributed by atoms with Crippen LogP contribution in [0.25, 0.3) is 0 Å². The monoisotopic (exact) mass is 225 g/mol. The summed E-state index contributed by atoms with van der Waals surface area (Å²) in [5, 5.41) is 3.17. The summed E-state index contributed by atoms with van der Waals surface area (Å²) in [6.07, 6.45) is 6.69. The summed E-state index contributed by atoms with van der Waals surface area (Å²) in [5.74, 6) is 1.22. The topological polar surface area (TPSA) is 50.4 Å². The zero-order valence-electron chi connectivity index (χ0n) is 11.1. The van der Waals surface area contributed by atoms with E-state index in [-0.39, 0.29) is 0 Å². The van der Waals surface area contributed by atoms with Crippen LogP contribution in [-0.2, 0) is 0 Å². The number of guanidine groups is 1. The maximum atomic E-state index is 5.84. The van der Waals surface area contributed by atoms with Crippen molar-refractivity contribution in [3.05, 3.63) is 0 Å². The van der Waals surface area contributed by atoms with Crippen LogP contribution in [0.2, 0.25) is 0 Å². The first-order chi connectivity index (χ1) is 7.52. The van der Waals surface area contributed by atoms with E-state index >= 15 is 0 Å². The van der Waals surface area contributed by atoms with Gasteiger partial charge in [-0.3, -0.25) is 4.99 Å². The molecule has 1 aliphatic carbocycles. The van der Waals surface area contributed by atoms with E-state index in [1.165, 1.54) is 32.1 Å². The Labute approximate surface area is 99.9 Å². The summed E-state index contributed by atoms with van der Waals surface area (Å²) in [6, 6.07) is 0. The van der Waals surface area contributed by atoms with E-state index in [2.05, 4.69) is 31.1 Å². The van der Waals surface area contributed by atoms with Gasteiger partial charge in [-0.15, -0.1) is 0 Å². The molecule has 0 saturated heterocycles. The minimum absolute atomic E-state index is 0.391. The molecule has 0 bridgehead atoms. The number of rotatable bonds is 4. The highest BCUT2D eigenvalue weighted by atomic mass is 15.1. The Morgan fingerprint density at radius 1 is 1.31 bits per heavy atom. The third kappa shape index (κ3) is 4.86. The molecule has 16 heavy (non-hydrogen) atoms. The smallest absolute Gasteiger partial charge is 0.188 e. The molecule has 0 heterocycles. The molecule has 1 aliphatic rings. The number of hydrogen-bond acceptors (Lipinski definition) is 1. The highest BCUT2D eigenvalue weighted by Gasteiger charge is 2.26. The van der Waals surface area contributed by atoms with Crippen LogP contribution in [0.1, 0.15) is 52.9 Å². The van der Waals surface area contributed by atoms with Crippen molar-refractivity contribution in [1.29, 1.82) is 0 Å². The van der Waals surface area contributed by atoms with Crippen LogP contribution in [0, 0.1) is 11.3 Å². The minimum Gasteiger partial charge on any atom is -0.370 e. The second-order valence-electron chi connectivity index (χ2n) is 5.85. The molecule has 0 radical (unpaired) electrons. The van der Waals surface area contributed by atoms with Gasteiger partial charge in [-0.1, -0.05) is 40.0 Å². The number of hydrogen-bond donors (Lipinski definition) is 2. The molecule has 0 aromatic carbocycles. The largest absolute Gasteiger partial charge is 0.370 e. The lowest BCUT2D eigenvalue weighted by atomic mass is 9.76. The van der Waals surface area contributed by atoms with Crippen LogP contribution in [0.5, 0.6) is 0 Å². The Bertz CT molecular complexity index is 227. The molecule has 3 heteroatoms. The summed E-state index contributed by atoms with van der Waals surface area (Å²) in [6.45, 7) is 8.47. The summed E-state index contributed by atoms with van der Waals surface area (Å²) in [4.78, 5) is 4.47. The van der Waals surface area contributed by atoms with E-state index in [9.17, 15) is 0 Å². The predicted octanol–water partition coefficient (Wildman–Crippen LogP) is 2.52. The van der Waals surface area contributed by atoms with Crippen molar-refractivity contribution >= 4 is 5.96 Å². The van der Waals surface area contributed by atoms with Crippen molar-refractivity contribution < 1.29 is 0 Å². The number of nitrogens with one attached hydrogen (secondary N) is 1. The Morgan fingerprint density at radius 2 is 1.94 bits per heavy atom. The van der Waals surface area contributed by atoms with Crippen molar-refractivity contribution in [2.75, 3.05) is 13.1 Å². The fourth-order valence-corrected chi connectivity index (χ4v) is 2.20. The van der Waals surface area contributed by atoms with Gasteiger partial charge >= 0.3 is 0 Å². The van der Waals surface area contributed by atoms with Crippen LogP contribution in [0.15, 0.2) is 4.99 Å². The molecule has 1 fully saturated rings. The summed E-state index contributed by atoms with van der Waals surface area (Å²) in [7, 11) is 0. The van der Waals surface area contributed by atoms with Gasteiger partial charge in [-0.2, -0.15) is 0 Å². The first kappa shape index (κ1) is 13.3. The quantitative estimate of drug-likeness (QED) is 0.570. The molecule has 0 aliphatic heterocycles. The second-order valence-corrected chi connectivity index (χ2v) is 5.85. The maximum Gasteiger partial charge on any atom is 0.188 e. The standard InChI is InChI=1S/C13H27N3/c1-11(2)9-15-12(14)16-10-13(3)7-5-4-6-8-13/h11H,4-10H2,1-3H3,(H3,14,15,16). The van der Waals surface area contributed by atoms with Gasteiger partial charge in [0.15, 0.2) is 5.96 Å². The van der Waals surface area contributed by atoms with E-state index < -0.39 is 0 Å². The van der Waals surface area contributed by atoms with Crippen LogP contribution < -0.4 is 11.1 Å². The predicted molar refractivity (Wildman–Crippen MR) is 70.5 cm³/mol. The first-order valence-electron chi connectivity index (χ1n) is 6.56. The van der Waals surface area contributed by atoms with Gasteiger partial charge in [0.05, 0.1) is 0 Å². The number of nitrogens with two attached hydrogens (primary N) is 1. The molecule has 3 nitrogen and oxygen atoms in total. The lowest BCUT2D eigenvalue weighted by Gasteiger charge is -2.32. The molecule has 3 N–H and O–H groups in total. The first-order valence-corrected chi connectivity index (χ1v) is 6.56. The summed E-state index contributed by atoms with van der Waals surface area (Å²) in [5.41, 5.74) is 6.23. The van der Waals surface area contributed by atoms with E-state index in [0.717, 1.165) is 13.1 Å². The van der Waals surface area contributed by atoms with Gasteiger partial charge in [-0.05, 0) is 24.2 Å². The van der Waals surface area contributed by atoms with Crippen LogP contribution in [0.3, 0.4) is 0 Å². The third-order valence-electron chi connectivity index (χ3n) is 3.38. The maximum absolute atomic E-state index is 5.84. The molecule has 1 saturated carbocycles. The van der Waals surface area contributed by atoms with Gasteiger partial charge < -0.3 is 11.1 Å². The Morgan fingerprint density at radius 3 is 2.50 bits per heavy atom. The number of aliphatic imine (C=N–C) groups is 1. The lowest BCUT2D eigenvalue weighted by Crippen LogP contribution is -2.36. The van der Waals surface area contributed by atoms with Gasteiger partial charge in [0.25, 0.3) is 0 Å². The molecule has 0 amide bonds. The van der Waals surface area contributed by atoms with Crippen molar-refractivity contribution in [1.82, 2.24) is 5.32 Å². The van der Waals surface area contributed by atoms with Gasteiger partial charge in [0, 0.05) is 13.1 Å². The molecule has 1 rings (SSSR count). The zero-order chi connectivity index (χ0) is 12.0. The molecule has 0 aromatic heterocycles. The van der Waals surface area contributed by atoms with E-state index in [0.29, 0.717) is 17.3 Å². The lowest BCUT2D eigenvalue weighted by molar-refractivity contribution is 0.227. The van der Waals surface area contributed by atoms with Crippen molar-refractivity contribution in [2.24, 2.45) is 22.1 Å². The average molecular weight is 225 g/mol. The molecule has 94 valence electrons. The van der Waals surface area contributed by atoms with Gasteiger partial charge in [0.2, 0.25) is 0 Å². The Hall–Kier alpha value is -0.730. The fourth-order valence-electron chi connectivity index (χ4n) is 2.20.